The molecule has 7 rings (SSSR count). The normalized spacial score (nSPS) is 12.6. The van der Waals surface area contributed by atoms with Crippen LogP contribution in [0.5, 0.6) is 5.75 Å². The summed E-state index contributed by atoms with van der Waals surface area (Å²) in [5.74, 6) is -0.874. The summed E-state index contributed by atoms with van der Waals surface area (Å²) >= 11 is 0. The van der Waals surface area contributed by atoms with Crippen LogP contribution in [0.3, 0.4) is 0 Å². The Morgan fingerprint density at radius 2 is 1.73 bits per heavy atom. The molecular formula is C51H59N11O5. The molecule has 0 unspecified atom stereocenters. The van der Waals surface area contributed by atoms with Gasteiger partial charge in [0, 0.05) is 41.8 Å². The van der Waals surface area contributed by atoms with E-state index in [0.29, 0.717) is 60.9 Å². The number of aromatic amines is 3. The van der Waals surface area contributed by atoms with Gasteiger partial charge in [0.05, 0.1) is 47.5 Å². The van der Waals surface area contributed by atoms with Crippen LogP contribution in [0.4, 0.5) is 5.69 Å². The first-order valence-corrected chi connectivity index (χ1v) is 22.6. The molecule has 5 aromatic rings. The predicted octanol–water partition coefficient (Wildman–Crippen LogP) is 8.05. The molecule has 0 saturated carbocycles. The van der Waals surface area contributed by atoms with Gasteiger partial charge >= 0.3 is 5.97 Å². The van der Waals surface area contributed by atoms with E-state index in [1.807, 2.05) is 94.4 Å². The number of aromatic nitrogens is 7. The molecule has 1 aromatic carbocycles. The van der Waals surface area contributed by atoms with Gasteiger partial charge < -0.3 is 46.5 Å². The molecule has 16 nitrogen and oxygen atoms in total. The monoisotopic (exact) mass is 905 g/mol. The third kappa shape index (κ3) is 12.8. The van der Waals surface area contributed by atoms with Crippen molar-refractivity contribution in [2.75, 3.05) is 25.0 Å². The molecule has 2 aliphatic rings. The average molecular weight is 906 g/mol. The molecule has 1 atom stereocenters. The molecule has 0 saturated heterocycles. The number of imidazole rings is 1. The van der Waals surface area contributed by atoms with Crippen LogP contribution in [0.1, 0.15) is 105 Å². The number of aryl methyl sites for hydroxylation is 2. The van der Waals surface area contributed by atoms with Crippen LogP contribution in [0.25, 0.3) is 50.6 Å². The highest BCUT2D eigenvalue weighted by Crippen LogP contribution is 2.33. The van der Waals surface area contributed by atoms with Crippen LogP contribution < -0.4 is 26.4 Å². The summed E-state index contributed by atoms with van der Waals surface area (Å²) in [4.78, 5) is 67.7. The van der Waals surface area contributed by atoms with Crippen LogP contribution in [-0.2, 0) is 27.3 Å². The van der Waals surface area contributed by atoms with E-state index in [2.05, 4.69) is 47.4 Å². The minimum absolute atomic E-state index is 0.0360. The smallest absolute Gasteiger partial charge is 0.303 e. The quantitative estimate of drug-likeness (QED) is 0.0348. The van der Waals surface area contributed by atoms with Crippen molar-refractivity contribution in [2.24, 2.45) is 5.73 Å². The van der Waals surface area contributed by atoms with Gasteiger partial charge in [-0.3, -0.25) is 14.4 Å². The number of amides is 2. The third-order valence-corrected chi connectivity index (χ3v) is 11.6. The summed E-state index contributed by atoms with van der Waals surface area (Å²) in [5, 5.41) is 18.9. The van der Waals surface area contributed by atoms with Gasteiger partial charge in [-0.15, -0.1) is 0 Å². The number of hydrogen-bond acceptors (Lipinski definition) is 10. The van der Waals surface area contributed by atoms with Crippen LogP contribution >= 0.6 is 0 Å². The van der Waals surface area contributed by atoms with Crippen LogP contribution in [0, 0.1) is 6.92 Å². The Balaban J connectivity index is 1.05. The van der Waals surface area contributed by atoms with Gasteiger partial charge in [0.1, 0.15) is 23.9 Å². The van der Waals surface area contributed by atoms with E-state index >= 15 is 0 Å². The molecule has 4 aromatic heterocycles. The highest BCUT2D eigenvalue weighted by Gasteiger charge is 2.22. The summed E-state index contributed by atoms with van der Waals surface area (Å²) in [6.07, 6.45) is 7.64. The van der Waals surface area contributed by atoms with E-state index in [1.165, 1.54) is 0 Å². The molecule has 16 heteroatoms. The number of rotatable bonds is 20. The van der Waals surface area contributed by atoms with Crippen molar-refractivity contribution in [3.63, 3.8) is 0 Å². The van der Waals surface area contributed by atoms with E-state index in [4.69, 9.17) is 20.4 Å². The van der Waals surface area contributed by atoms with Gasteiger partial charge in [0.15, 0.2) is 5.65 Å². The number of unbranched alkanes of at least 4 members (excludes halogenated alkanes) is 1. The van der Waals surface area contributed by atoms with E-state index < -0.39 is 12.0 Å². The van der Waals surface area contributed by atoms with Crippen molar-refractivity contribution in [3.05, 3.63) is 125 Å². The fraction of sp³-hybridized carbons (Fsp3) is 0.314. The SMILES string of the molecule is C=C(C)c1cc2nc(cc3[nH]c(cc4nc(cc(CCC(=O)N[C@@H](CCCCN)C(=O)NCCOc5ccc(CNc6cnc7[nH]cnc7c6)cc5)[nH]1)C(CCC(=O)O)=C4C)cc3C)C=C2C. The maximum absolute atomic E-state index is 13.8. The highest BCUT2D eigenvalue weighted by molar-refractivity contribution is 5.93. The van der Waals surface area contributed by atoms with Crippen molar-refractivity contribution in [1.82, 2.24) is 45.5 Å². The lowest BCUT2D eigenvalue weighted by Gasteiger charge is -2.19. The number of nitrogens with one attached hydrogen (secondary N) is 6. The Bertz CT molecular complexity index is 2910. The van der Waals surface area contributed by atoms with Crippen LogP contribution in [-0.4, -0.2) is 83.5 Å². The predicted molar refractivity (Wildman–Crippen MR) is 264 cm³/mol. The fourth-order valence-corrected chi connectivity index (χ4v) is 7.82. The van der Waals surface area contributed by atoms with Gasteiger partial charge in [0.25, 0.3) is 0 Å². The number of allylic oxidation sites excluding steroid dienone is 4. The number of benzene rings is 1. The number of pyridine rings is 1. The Kier molecular flexibility index (Phi) is 15.6. The van der Waals surface area contributed by atoms with E-state index in [1.54, 1.807) is 12.5 Å². The average Bonchev–Trinajstić information content (AvgIpc) is 4.07. The second kappa shape index (κ2) is 22.1. The van der Waals surface area contributed by atoms with Crippen molar-refractivity contribution in [3.8, 4) is 5.75 Å². The number of hydrogen-bond donors (Lipinski definition) is 8. The topological polar surface area (TPSA) is 242 Å². The molecule has 0 spiro atoms. The third-order valence-electron chi connectivity index (χ3n) is 11.6. The fourth-order valence-electron chi connectivity index (χ4n) is 7.82. The van der Waals surface area contributed by atoms with Crippen LogP contribution in [0.2, 0.25) is 0 Å². The maximum Gasteiger partial charge on any atom is 0.303 e. The van der Waals surface area contributed by atoms with Crippen molar-refractivity contribution in [2.45, 2.75) is 85.2 Å². The van der Waals surface area contributed by atoms with E-state index in [0.717, 1.165) is 72.7 Å². The number of carboxylic acids is 1. The Hall–Kier alpha value is -7.59. The number of carbonyl (C=O) groups is 3. The second-order valence-electron chi connectivity index (χ2n) is 16.9. The minimum atomic E-state index is -0.912. The standard InChI is InChI=1S/C51H59N11O5/c1-30(2)42-26-44-32(4)21-36(60-44)23-43-31(3)20-37(59-43)24-45-33(5)40(14-16-49(64)65)46(61-45)22-35(58-42)11-15-48(63)62-41(8-6-7-17-52)51(66)53-18-19-67-39-12-9-34(10-13-39)27-54-38-25-47-50(55-28-38)57-29-56-47/h9-10,12-13,20-26,28-29,41,54,58-59H,1,6-8,11,14-19,27,52H2,2-5H3,(H,53,66)(H,62,63)(H,64,65)(H,55,56,57)/t41-/m0/s1. The number of nitrogens with two attached hydrogens (primary N) is 1. The molecular weight excluding hydrogens is 847 g/mol. The molecule has 2 aliphatic heterocycles. The van der Waals surface area contributed by atoms with Crippen molar-refractivity contribution in [1.29, 1.82) is 0 Å². The zero-order chi connectivity index (χ0) is 47.5. The molecule has 0 radical (unpaired) electrons. The number of carboxylic acid groups (broad SMARTS) is 1. The van der Waals surface area contributed by atoms with Crippen molar-refractivity contribution >= 4 is 74.0 Å². The minimum Gasteiger partial charge on any atom is -0.492 e. The lowest BCUT2D eigenvalue weighted by molar-refractivity contribution is -0.136. The Morgan fingerprint density at radius 3 is 2.51 bits per heavy atom. The van der Waals surface area contributed by atoms with E-state index in [-0.39, 0.29) is 50.6 Å². The Labute approximate surface area is 389 Å². The largest absolute Gasteiger partial charge is 0.492 e. The van der Waals surface area contributed by atoms with Gasteiger partial charge in [-0.1, -0.05) is 18.7 Å². The molecule has 0 fully saturated rings. The second-order valence-corrected chi connectivity index (χ2v) is 16.9. The number of aliphatic carboxylic acids is 1. The van der Waals surface area contributed by atoms with Crippen molar-refractivity contribution < 1.29 is 24.2 Å². The highest BCUT2D eigenvalue weighted by atomic mass is 16.5. The first kappa shape index (κ1) is 47.4. The number of carbonyl (C=O) groups excluding carboxylic acids is 2. The summed E-state index contributed by atoms with van der Waals surface area (Å²) in [6, 6.07) is 18.7. The van der Waals surface area contributed by atoms with Gasteiger partial charge in [-0.25, -0.2) is 19.9 Å². The number of nitrogens with zero attached hydrogens (tertiary/aromatic N) is 4. The summed E-state index contributed by atoms with van der Waals surface area (Å²) < 4.78 is 5.93. The molecule has 0 aliphatic carbocycles. The number of anilines is 1. The zero-order valence-corrected chi connectivity index (χ0v) is 38.5. The summed E-state index contributed by atoms with van der Waals surface area (Å²) in [7, 11) is 0. The number of fused-ring (bicyclic) bond motifs is 7. The first-order chi connectivity index (χ1) is 32.3. The number of ether oxygens (including phenoxy) is 1. The molecule has 67 heavy (non-hydrogen) atoms. The van der Waals surface area contributed by atoms with Gasteiger partial charge in [-0.05, 0) is 154 Å². The number of H-pyrrole nitrogens is 3. The lowest BCUT2D eigenvalue weighted by Crippen LogP contribution is -2.47. The maximum atomic E-state index is 13.8. The Morgan fingerprint density at radius 1 is 0.910 bits per heavy atom. The van der Waals surface area contributed by atoms with Crippen LogP contribution in [0.15, 0.2) is 79.8 Å². The summed E-state index contributed by atoms with van der Waals surface area (Å²) in [5.41, 5.74) is 19.7. The van der Waals surface area contributed by atoms with Gasteiger partial charge in [0.2, 0.25) is 11.8 Å². The molecule has 348 valence electrons. The lowest BCUT2D eigenvalue weighted by atomic mass is 10.0. The molecule has 9 N–H and O–H groups in total. The first-order valence-electron chi connectivity index (χ1n) is 22.6. The molecule has 6 bridgehead atoms. The van der Waals surface area contributed by atoms with Gasteiger partial charge in [-0.2, -0.15) is 0 Å². The van der Waals surface area contributed by atoms with E-state index in [9.17, 15) is 19.5 Å². The zero-order valence-electron chi connectivity index (χ0n) is 38.5. The molecule has 6 heterocycles. The molecule has 2 amide bonds. The summed E-state index contributed by atoms with van der Waals surface area (Å²) in [6.45, 7) is 13.6.